The molecule has 1 aliphatic heterocycles. The number of ether oxygens (including phenoxy) is 1. The quantitative estimate of drug-likeness (QED) is 0.920. The standard InChI is InChI=1S/C16H25N3O2/c1-21-14-7-9-19(13(10-14)11-17)16(20)15-6-3-8-18(15)12-4-2-5-12/h3,6,8,12-14H,2,4-5,7,9-11,17H2,1H3. The van der Waals surface area contributed by atoms with Crippen molar-refractivity contribution in [1.29, 1.82) is 0 Å². The molecular weight excluding hydrogens is 266 g/mol. The van der Waals surface area contributed by atoms with Crippen molar-refractivity contribution in [2.45, 2.75) is 50.3 Å². The lowest BCUT2D eigenvalue weighted by Gasteiger charge is -2.39. The van der Waals surface area contributed by atoms with Gasteiger partial charge in [0.1, 0.15) is 5.69 Å². The Kier molecular flexibility index (Phi) is 4.31. The van der Waals surface area contributed by atoms with Crippen LogP contribution in [-0.2, 0) is 4.74 Å². The first kappa shape index (κ1) is 14.6. The Morgan fingerprint density at radius 2 is 2.24 bits per heavy atom. The molecule has 5 heteroatoms. The van der Waals surface area contributed by atoms with Crippen molar-refractivity contribution in [3.8, 4) is 0 Å². The van der Waals surface area contributed by atoms with Gasteiger partial charge in [-0.25, -0.2) is 0 Å². The smallest absolute Gasteiger partial charge is 0.270 e. The van der Waals surface area contributed by atoms with Gasteiger partial charge in [-0.1, -0.05) is 0 Å². The van der Waals surface area contributed by atoms with Gasteiger partial charge in [0.25, 0.3) is 5.91 Å². The minimum atomic E-state index is 0.0842. The molecule has 2 atom stereocenters. The number of nitrogens with two attached hydrogens (primary N) is 1. The predicted octanol–water partition coefficient (Wildman–Crippen LogP) is 1.79. The largest absolute Gasteiger partial charge is 0.381 e. The van der Waals surface area contributed by atoms with Crippen LogP contribution in [0.3, 0.4) is 0 Å². The summed E-state index contributed by atoms with van der Waals surface area (Å²) in [6, 6.07) is 4.51. The van der Waals surface area contributed by atoms with Crippen LogP contribution in [0.2, 0.25) is 0 Å². The van der Waals surface area contributed by atoms with Gasteiger partial charge in [0.05, 0.1) is 6.10 Å². The Labute approximate surface area is 126 Å². The lowest BCUT2D eigenvalue weighted by atomic mass is 9.92. The van der Waals surface area contributed by atoms with Gasteiger partial charge in [-0.3, -0.25) is 4.79 Å². The fourth-order valence-electron chi connectivity index (χ4n) is 3.42. The van der Waals surface area contributed by atoms with Gasteiger partial charge in [-0.05, 0) is 44.2 Å². The van der Waals surface area contributed by atoms with E-state index in [1.807, 2.05) is 23.2 Å². The zero-order valence-electron chi connectivity index (χ0n) is 12.7. The van der Waals surface area contributed by atoms with E-state index < -0.39 is 0 Å². The fraction of sp³-hybridized carbons (Fsp3) is 0.688. The van der Waals surface area contributed by atoms with Crippen molar-refractivity contribution in [3.05, 3.63) is 24.0 Å². The monoisotopic (exact) mass is 291 g/mol. The molecule has 2 aliphatic rings. The highest BCUT2D eigenvalue weighted by Gasteiger charge is 2.33. The van der Waals surface area contributed by atoms with E-state index in [4.69, 9.17) is 10.5 Å². The molecule has 1 saturated heterocycles. The van der Waals surface area contributed by atoms with Gasteiger partial charge in [0.2, 0.25) is 0 Å². The molecule has 1 saturated carbocycles. The molecule has 1 aromatic rings. The van der Waals surface area contributed by atoms with E-state index in [0.29, 0.717) is 12.6 Å². The molecular formula is C16H25N3O2. The van der Waals surface area contributed by atoms with Crippen molar-refractivity contribution in [1.82, 2.24) is 9.47 Å². The Bertz CT molecular complexity index is 495. The summed E-state index contributed by atoms with van der Waals surface area (Å²) in [7, 11) is 1.73. The van der Waals surface area contributed by atoms with Crippen LogP contribution in [0.15, 0.2) is 18.3 Å². The number of amides is 1. The Morgan fingerprint density at radius 3 is 2.86 bits per heavy atom. The van der Waals surface area contributed by atoms with E-state index in [1.54, 1.807) is 7.11 Å². The molecule has 2 N–H and O–H groups in total. The second-order valence-corrected chi connectivity index (χ2v) is 6.16. The van der Waals surface area contributed by atoms with Gasteiger partial charge in [-0.15, -0.1) is 0 Å². The summed E-state index contributed by atoms with van der Waals surface area (Å²) in [5.41, 5.74) is 6.69. The normalized spacial score (nSPS) is 26.7. The second-order valence-electron chi connectivity index (χ2n) is 6.16. The highest BCUT2D eigenvalue weighted by Crippen LogP contribution is 2.33. The van der Waals surface area contributed by atoms with Crippen molar-refractivity contribution >= 4 is 5.91 Å². The number of hydrogen-bond acceptors (Lipinski definition) is 3. The van der Waals surface area contributed by atoms with Crippen LogP contribution in [-0.4, -0.2) is 47.7 Å². The zero-order valence-corrected chi connectivity index (χ0v) is 12.7. The van der Waals surface area contributed by atoms with E-state index in [0.717, 1.165) is 25.1 Å². The number of piperidine rings is 1. The van der Waals surface area contributed by atoms with Crippen molar-refractivity contribution < 1.29 is 9.53 Å². The summed E-state index contributed by atoms with van der Waals surface area (Å²) in [6.45, 7) is 1.23. The third-order valence-electron chi connectivity index (χ3n) is 5.00. The third-order valence-corrected chi connectivity index (χ3v) is 5.00. The van der Waals surface area contributed by atoms with Crippen LogP contribution in [0.25, 0.3) is 0 Å². The summed E-state index contributed by atoms with van der Waals surface area (Å²) in [5.74, 6) is 0.122. The van der Waals surface area contributed by atoms with E-state index in [9.17, 15) is 4.79 Å². The number of methoxy groups -OCH3 is 1. The van der Waals surface area contributed by atoms with E-state index >= 15 is 0 Å². The maximum Gasteiger partial charge on any atom is 0.270 e. The number of rotatable bonds is 4. The molecule has 0 spiro atoms. The second kappa shape index (κ2) is 6.20. The first-order chi connectivity index (χ1) is 10.2. The average molecular weight is 291 g/mol. The summed E-state index contributed by atoms with van der Waals surface area (Å²) >= 11 is 0. The number of nitrogens with zero attached hydrogens (tertiary/aromatic N) is 2. The van der Waals surface area contributed by atoms with Crippen molar-refractivity contribution in [3.63, 3.8) is 0 Å². The van der Waals surface area contributed by atoms with Gasteiger partial charge >= 0.3 is 0 Å². The van der Waals surface area contributed by atoms with Crippen LogP contribution in [0.4, 0.5) is 0 Å². The highest BCUT2D eigenvalue weighted by atomic mass is 16.5. The Hall–Kier alpha value is -1.33. The van der Waals surface area contributed by atoms with Gasteiger partial charge < -0.3 is 19.9 Å². The SMILES string of the molecule is COC1CCN(C(=O)c2cccn2C2CCC2)C(CN)C1. The van der Waals surface area contributed by atoms with Gasteiger partial charge in [0.15, 0.2) is 0 Å². The maximum atomic E-state index is 12.9. The highest BCUT2D eigenvalue weighted by molar-refractivity contribution is 5.93. The first-order valence-corrected chi connectivity index (χ1v) is 7.95. The number of carbonyl (C=O) groups excluding carboxylic acids is 1. The van der Waals surface area contributed by atoms with Crippen LogP contribution < -0.4 is 5.73 Å². The lowest BCUT2D eigenvalue weighted by molar-refractivity contribution is 0.0132. The summed E-state index contributed by atoms with van der Waals surface area (Å²) < 4.78 is 7.59. The van der Waals surface area contributed by atoms with Crippen LogP contribution in [0.5, 0.6) is 0 Å². The molecule has 3 rings (SSSR count). The summed E-state index contributed by atoms with van der Waals surface area (Å²) in [4.78, 5) is 14.8. The van der Waals surface area contributed by atoms with Gasteiger partial charge in [-0.2, -0.15) is 0 Å². The van der Waals surface area contributed by atoms with E-state index in [1.165, 1.54) is 19.3 Å². The molecule has 2 unspecified atom stereocenters. The predicted molar refractivity (Wildman–Crippen MR) is 81.2 cm³/mol. The number of carbonyl (C=O) groups is 1. The molecule has 1 aromatic heterocycles. The topological polar surface area (TPSA) is 60.5 Å². The number of hydrogen-bond donors (Lipinski definition) is 1. The summed E-state index contributed by atoms with van der Waals surface area (Å²) in [6.07, 6.45) is 7.62. The molecule has 21 heavy (non-hydrogen) atoms. The number of aromatic nitrogens is 1. The molecule has 2 fully saturated rings. The lowest BCUT2D eigenvalue weighted by Crippen LogP contribution is -2.51. The first-order valence-electron chi connectivity index (χ1n) is 7.95. The molecule has 5 nitrogen and oxygen atoms in total. The number of likely N-dealkylation sites (tertiary alicyclic amines) is 1. The Morgan fingerprint density at radius 1 is 1.43 bits per heavy atom. The van der Waals surface area contributed by atoms with E-state index in [2.05, 4.69) is 4.57 Å². The molecule has 116 valence electrons. The van der Waals surface area contributed by atoms with Crippen molar-refractivity contribution in [2.75, 3.05) is 20.2 Å². The molecule has 0 aromatic carbocycles. The average Bonchev–Trinajstić information content (AvgIpc) is 2.93. The molecule has 1 amide bonds. The zero-order chi connectivity index (χ0) is 14.8. The Balaban J connectivity index is 1.76. The van der Waals surface area contributed by atoms with E-state index in [-0.39, 0.29) is 18.1 Å². The molecule has 2 heterocycles. The van der Waals surface area contributed by atoms with Gasteiger partial charge in [0, 0.05) is 38.5 Å². The third kappa shape index (κ3) is 2.72. The molecule has 1 aliphatic carbocycles. The minimum Gasteiger partial charge on any atom is -0.381 e. The van der Waals surface area contributed by atoms with Crippen LogP contribution in [0.1, 0.15) is 48.6 Å². The van der Waals surface area contributed by atoms with Crippen LogP contribution >= 0.6 is 0 Å². The molecule has 0 bridgehead atoms. The van der Waals surface area contributed by atoms with Crippen molar-refractivity contribution in [2.24, 2.45) is 5.73 Å². The maximum absolute atomic E-state index is 12.9. The summed E-state index contributed by atoms with van der Waals surface area (Å²) in [5, 5.41) is 0. The minimum absolute atomic E-state index is 0.0842. The van der Waals surface area contributed by atoms with Crippen LogP contribution in [0, 0.1) is 0 Å². The molecule has 0 radical (unpaired) electrons. The fourth-order valence-corrected chi connectivity index (χ4v) is 3.42.